The minimum atomic E-state index is -0.596. The fourth-order valence-electron chi connectivity index (χ4n) is 2.72. The van der Waals surface area contributed by atoms with Crippen LogP contribution >= 0.6 is 11.6 Å². The van der Waals surface area contributed by atoms with E-state index in [1.54, 1.807) is 51.5 Å². The van der Waals surface area contributed by atoms with Gasteiger partial charge in [0, 0.05) is 34.9 Å². The lowest BCUT2D eigenvalue weighted by molar-refractivity contribution is 0.0635. The fraction of sp³-hybridized carbons (Fsp3) is 0.238. The van der Waals surface area contributed by atoms with Crippen molar-refractivity contribution in [3.63, 3.8) is 0 Å². The van der Waals surface area contributed by atoms with Crippen molar-refractivity contribution in [1.82, 2.24) is 15.0 Å². The van der Waals surface area contributed by atoms with E-state index in [9.17, 15) is 4.79 Å². The average molecular weight is 397 g/mol. The van der Waals surface area contributed by atoms with Crippen LogP contribution in [-0.4, -0.2) is 26.6 Å². The molecule has 28 heavy (non-hydrogen) atoms. The van der Waals surface area contributed by atoms with Crippen LogP contribution in [0.2, 0.25) is 5.15 Å². The molecule has 3 aromatic heterocycles. The van der Waals surface area contributed by atoms with Gasteiger partial charge in [-0.1, -0.05) is 24.3 Å². The van der Waals surface area contributed by atoms with Gasteiger partial charge in [-0.3, -0.25) is 10.3 Å². The predicted octanol–water partition coefficient (Wildman–Crippen LogP) is 5.64. The van der Waals surface area contributed by atoms with E-state index in [-0.39, 0.29) is 0 Å². The van der Waals surface area contributed by atoms with E-state index in [0.717, 1.165) is 22.1 Å². The standard InChI is InChI=1S/C21H21ClN4O2/c1-6-13-9-23-11-16(12(13)2)17-7-14-10-24-18(8-15(14)19(22)25-17)26-20(27)28-21(3,4)5/h6-11H,1H2,2-5H3,(H,24,26,27). The summed E-state index contributed by atoms with van der Waals surface area (Å²) in [5.41, 5.74) is 2.92. The van der Waals surface area contributed by atoms with Gasteiger partial charge < -0.3 is 4.74 Å². The molecule has 3 heterocycles. The molecule has 7 heteroatoms. The van der Waals surface area contributed by atoms with Crippen LogP contribution in [0, 0.1) is 6.92 Å². The molecule has 0 fully saturated rings. The smallest absolute Gasteiger partial charge is 0.413 e. The van der Waals surface area contributed by atoms with E-state index in [4.69, 9.17) is 16.3 Å². The quantitative estimate of drug-likeness (QED) is 0.579. The Morgan fingerprint density at radius 3 is 2.68 bits per heavy atom. The first-order chi connectivity index (χ1) is 13.2. The number of amides is 1. The molecular weight excluding hydrogens is 376 g/mol. The SMILES string of the molecule is C=Cc1cncc(-c2cc3cnc(NC(=O)OC(C)(C)C)cc3c(Cl)n2)c1C. The van der Waals surface area contributed by atoms with E-state index in [1.807, 2.05) is 13.0 Å². The Hall–Kier alpha value is -2.99. The van der Waals surface area contributed by atoms with E-state index in [0.29, 0.717) is 22.1 Å². The molecular formula is C21H21ClN4O2. The summed E-state index contributed by atoms with van der Waals surface area (Å²) in [5.74, 6) is 0.338. The number of nitrogens with one attached hydrogen (secondary N) is 1. The molecule has 0 aliphatic rings. The van der Waals surface area contributed by atoms with E-state index >= 15 is 0 Å². The van der Waals surface area contributed by atoms with Crippen LogP contribution in [-0.2, 0) is 4.74 Å². The lowest BCUT2D eigenvalue weighted by Crippen LogP contribution is -2.27. The van der Waals surface area contributed by atoms with Gasteiger partial charge in [-0.25, -0.2) is 14.8 Å². The fourth-order valence-corrected chi connectivity index (χ4v) is 2.98. The van der Waals surface area contributed by atoms with Gasteiger partial charge in [-0.05, 0) is 51.0 Å². The van der Waals surface area contributed by atoms with Crippen LogP contribution in [0.3, 0.4) is 0 Å². The molecule has 0 bridgehead atoms. The molecule has 6 nitrogen and oxygen atoms in total. The average Bonchev–Trinajstić information content (AvgIpc) is 2.60. The van der Waals surface area contributed by atoms with Crippen molar-refractivity contribution in [3.8, 4) is 11.3 Å². The maximum Gasteiger partial charge on any atom is 0.413 e. The monoisotopic (exact) mass is 396 g/mol. The third kappa shape index (κ3) is 4.28. The number of rotatable bonds is 3. The summed E-state index contributed by atoms with van der Waals surface area (Å²) in [4.78, 5) is 25.0. The number of carbonyl (C=O) groups is 1. The highest BCUT2D eigenvalue weighted by molar-refractivity contribution is 6.34. The number of nitrogens with zero attached hydrogens (tertiary/aromatic N) is 3. The minimum Gasteiger partial charge on any atom is -0.444 e. The van der Waals surface area contributed by atoms with Crippen molar-refractivity contribution in [2.45, 2.75) is 33.3 Å². The molecule has 0 aliphatic heterocycles. The van der Waals surface area contributed by atoms with Crippen molar-refractivity contribution in [1.29, 1.82) is 0 Å². The number of hydrogen-bond donors (Lipinski definition) is 1. The van der Waals surface area contributed by atoms with Crippen molar-refractivity contribution in [2.75, 3.05) is 5.32 Å². The molecule has 1 N–H and O–H groups in total. The Morgan fingerprint density at radius 2 is 2.00 bits per heavy atom. The third-order valence-corrected chi connectivity index (χ3v) is 4.34. The molecule has 0 unspecified atom stereocenters. The van der Waals surface area contributed by atoms with Crippen LogP contribution in [0.4, 0.5) is 10.6 Å². The van der Waals surface area contributed by atoms with Crippen LogP contribution in [0.1, 0.15) is 31.9 Å². The molecule has 3 aromatic rings. The molecule has 0 spiro atoms. The Bertz CT molecular complexity index is 1070. The zero-order valence-corrected chi connectivity index (χ0v) is 17.0. The molecule has 0 atom stereocenters. The molecule has 0 radical (unpaired) electrons. The van der Waals surface area contributed by atoms with Crippen LogP contribution in [0.25, 0.3) is 28.1 Å². The second kappa shape index (κ2) is 7.56. The molecule has 1 amide bonds. The largest absolute Gasteiger partial charge is 0.444 e. The first-order valence-electron chi connectivity index (χ1n) is 8.71. The Morgan fingerprint density at radius 1 is 1.25 bits per heavy atom. The number of carbonyl (C=O) groups excluding carboxylic acids is 1. The zero-order valence-electron chi connectivity index (χ0n) is 16.2. The van der Waals surface area contributed by atoms with Crippen molar-refractivity contribution < 1.29 is 9.53 Å². The maximum absolute atomic E-state index is 11.9. The number of anilines is 1. The van der Waals surface area contributed by atoms with Gasteiger partial charge in [-0.2, -0.15) is 0 Å². The highest BCUT2D eigenvalue weighted by atomic mass is 35.5. The molecule has 0 saturated carbocycles. The lowest BCUT2D eigenvalue weighted by atomic mass is 10.0. The number of fused-ring (bicyclic) bond motifs is 1. The number of hydrogen-bond acceptors (Lipinski definition) is 5. The first kappa shape index (κ1) is 19.8. The van der Waals surface area contributed by atoms with E-state index in [2.05, 4.69) is 26.8 Å². The highest BCUT2D eigenvalue weighted by Gasteiger charge is 2.17. The van der Waals surface area contributed by atoms with Crippen LogP contribution < -0.4 is 5.32 Å². The van der Waals surface area contributed by atoms with Crippen LogP contribution in [0.15, 0.2) is 37.3 Å². The van der Waals surface area contributed by atoms with Gasteiger partial charge in [0.2, 0.25) is 0 Å². The summed E-state index contributed by atoms with van der Waals surface area (Å²) in [5, 5.41) is 4.40. The Balaban J connectivity index is 1.98. The van der Waals surface area contributed by atoms with Gasteiger partial charge in [0.25, 0.3) is 0 Å². The summed E-state index contributed by atoms with van der Waals surface area (Å²) < 4.78 is 5.24. The van der Waals surface area contributed by atoms with Gasteiger partial charge in [0.05, 0.1) is 5.69 Å². The molecule has 144 valence electrons. The molecule has 3 rings (SSSR count). The Labute approximate surface area is 168 Å². The number of pyridine rings is 3. The normalized spacial score (nSPS) is 11.3. The van der Waals surface area contributed by atoms with Gasteiger partial charge in [-0.15, -0.1) is 0 Å². The van der Waals surface area contributed by atoms with E-state index in [1.165, 1.54) is 0 Å². The summed E-state index contributed by atoms with van der Waals surface area (Å²) in [6, 6.07) is 3.56. The minimum absolute atomic E-state index is 0.311. The van der Waals surface area contributed by atoms with Gasteiger partial charge >= 0.3 is 6.09 Å². The zero-order chi connectivity index (χ0) is 20.5. The summed E-state index contributed by atoms with van der Waals surface area (Å²) >= 11 is 6.43. The second-order valence-electron chi connectivity index (χ2n) is 7.32. The van der Waals surface area contributed by atoms with Crippen molar-refractivity contribution in [2.24, 2.45) is 0 Å². The topological polar surface area (TPSA) is 77.0 Å². The summed E-state index contributed by atoms with van der Waals surface area (Å²) in [6.07, 6.45) is 6.32. The molecule has 0 aromatic carbocycles. The summed E-state index contributed by atoms with van der Waals surface area (Å²) in [7, 11) is 0. The van der Waals surface area contributed by atoms with Crippen LogP contribution in [0.5, 0.6) is 0 Å². The maximum atomic E-state index is 11.9. The predicted molar refractivity (Wildman–Crippen MR) is 112 cm³/mol. The molecule has 0 aliphatic carbocycles. The summed E-state index contributed by atoms with van der Waals surface area (Å²) in [6.45, 7) is 11.2. The number of ether oxygens (including phenoxy) is 1. The van der Waals surface area contributed by atoms with Gasteiger partial charge in [0.15, 0.2) is 0 Å². The van der Waals surface area contributed by atoms with Crippen molar-refractivity contribution in [3.05, 3.63) is 53.6 Å². The second-order valence-corrected chi connectivity index (χ2v) is 7.68. The first-order valence-corrected chi connectivity index (χ1v) is 9.09. The highest BCUT2D eigenvalue weighted by Crippen LogP contribution is 2.31. The molecule has 0 saturated heterocycles. The van der Waals surface area contributed by atoms with Gasteiger partial charge in [0.1, 0.15) is 16.6 Å². The number of halogens is 1. The van der Waals surface area contributed by atoms with Crippen molar-refractivity contribution >= 4 is 40.4 Å². The third-order valence-electron chi connectivity index (χ3n) is 4.05. The number of aromatic nitrogens is 3. The van der Waals surface area contributed by atoms with E-state index < -0.39 is 11.7 Å². The Kier molecular flexibility index (Phi) is 5.34. The lowest BCUT2D eigenvalue weighted by Gasteiger charge is -2.19.